The van der Waals surface area contributed by atoms with E-state index in [2.05, 4.69) is 10.4 Å². The maximum atomic E-state index is 12.2. The van der Waals surface area contributed by atoms with Gasteiger partial charge in [0.1, 0.15) is 6.54 Å². The van der Waals surface area contributed by atoms with Crippen LogP contribution in [0.5, 0.6) is 11.5 Å². The molecule has 1 aromatic carbocycles. The predicted octanol–water partition coefficient (Wildman–Crippen LogP) is 2.87. The van der Waals surface area contributed by atoms with Gasteiger partial charge in [-0.1, -0.05) is 17.7 Å². The number of nitro groups is 1. The van der Waals surface area contributed by atoms with Crippen molar-refractivity contribution in [1.82, 2.24) is 15.1 Å². The third kappa shape index (κ3) is 5.10. The summed E-state index contributed by atoms with van der Waals surface area (Å²) in [5, 5.41) is 17.3. The van der Waals surface area contributed by atoms with E-state index in [1.807, 2.05) is 19.9 Å². The Bertz CT molecular complexity index is 837. The van der Waals surface area contributed by atoms with E-state index in [4.69, 9.17) is 21.1 Å². The molecule has 0 aliphatic carbocycles. The molecular weight excluding hydrogens is 376 g/mol. The highest BCUT2D eigenvalue weighted by atomic mass is 35.5. The zero-order valence-corrected chi connectivity index (χ0v) is 16.1. The summed E-state index contributed by atoms with van der Waals surface area (Å²) < 4.78 is 12.3. The first-order chi connectivity index (χ1) is 12.9. The number of hydrogen-bond donors (Lipinski definition) is 1. The van der Waals surface area contributed by atoms with E-state index in [0.717, 1.165) is 5.56 Å². The summed E-state index contributed by atoms with van der Waals surface area (Å²) >= 11 is 5.87. The number of benzene rings is 1. The summed E-state index contributed by atoms with van der Waals surface area (Å²) in [5.41, 5.74) is 1.19. The van der Waals surface area contributed by atoms with Crippen LogP contribution < -0.4 is 14.8 Å². The molecule has 1 N–H and O–H groups in total. The monoisotopic (exact) mass is 396 g/mol. The number of aromatic nitrogens is 2. The number of hydrogen-bond acceptors (Lipinski definition) is 6. The minimum atomic E-state index is -0.682. The molecule has 2 rings (SSSR count). The van der Waals surface area contributed by atoms with E-state index in [1.165, 1.54) is 4.68 Å². The van der Waals surface area contributed by atoms with Crippen molar-refractivity contribution in [1.29, 1.82) is 0 Å². The minimum Gasteiger partial charge on any atom is -0.490 e. The highest BCUT2D eigenvalue weighted by molar-refractivity contribution is 6.33. The van der Waals surface area contributed by atoms with Crippen molar-refractivity contribution in [2.75, 3.05) is 13.2 Å². The highest BCUT2D eigenvalue weighted by Crippen LogP contribution is 2.28. The van der Waals surface area contributed by atoms with Gasteiger partial charge in [-0.2, -0.15) is 4.68 Å². The summed E-state index contributed by atoms with van der Waals surface area (Å²) in [7, 11) is 0. The molecule has 0 aliphatic heterocycles. The molecule has 1 aromatic heterocycles. The molecule has 0 aliphatic rings. The van der Waals surface area contributed by atoms with Crippen LogP contribution in [0.4, 0.5) is 5.82 Å². The lowest BCUT2D eigenvalue weighted by Gasteiger charge is -2.12. The molecule has 0 bridgehead atoms. The molecule has 10 heteroatoms. The van der Waals surface area contributed by atoms with Crippen LogP contribution in [0, 0.1) is 17.0 Å². The van der Waals surface area contributed by atoms with E-state index < -0.39 is 10.7 Å². The van der Waals surface area contributed by atoms with Crippen molar-refractivity contribution in [3.63, 3.8) is 0 Å². The Morgan fingerprint density at radius 1 is 1.30 bits per heavy atom. The molecule has 0 atom stereocenters. The number of rotatable bonds is 9. The summed E-state index contributed by atoms with van der Waals surface area (Å²) in [6, 6.07) is 5.42. The molecule has 0 spiro atoms. The molecule has 9 nitrogen and oxygen atoms in total. The molecule has 0 saturated heterocycles. The highest BCUT2D eigenvalue weighted by Gasteiger charge is 2.24. The van der Waals surface area contributed by atoms with Crippen molar-refractivity contribution in [2.24, 2.45) is 0 Å². The molecule has 0 unspecified atom stereocenters. The predicted molar refractivity (Wildman–Crippen MR) is 99.3 cm³/mol. The largest absolute Gasteiger partial charge is 0.490 e. The zero-order valence-electron chi connectivity index (χ0n) is 15.3. The topological polar surface area (TPSA) is 109 Å². The first kappa shape index (κ1) is 20.5. The lowest BCUT2D eigenvalue weighted by atomic mass is 10.2. The maximum absolute atomic E-state index is 12.2. The SMILES string of the molecule is CCOc1ccc(CNC(=O)Cn2nc([N+](=O)[O-])c(Cl)c2C)cc1OCC. The van der Waals surface area contributed by atoms with Gasteiger partial charge in [0.15, 0.2) is 16.5 Å². The fraction of sp³-hybridized carbons (Fsp3) is 0.412. The number of halogens is 1. The number of amides is 1. The molecule has 0 radical (unpaired) electrons. The normalized spacial score (nSPS) is 10.5. The van der Waals surface area contributed by atoms with Crippen molar-refractivity contribution in [3.05, 3.63) is 44.6 Å². The van der Waals surface area contributed by atoms with Crippen LogP contribution in [0.2, 0.25) is 5.02 Å². The number of carbonyl (C=O) groups is 1. The first-order valence-electron chi connectivity index (χ1n) is 8.39. The zero-order chi connectivity index (χ0) is 20.0. The van der Waals surface area contributed by atoms with Crippen molar-refractivity contribution < 1.29 is 19.2 Å². The van der Waals surface area contributed by atoms with Gasteiger partial charge < -0.3 is 24.9 Å². The fourth-order valence-electron chi connectivity index (χ4n) is 2.38. The number of nitrogens with zero attached hydrogens (tertiary/aromatic N) is 3. The third-order valence-corrected chi connectivity index (χ3v) is 4.12. The van der Waals surface area contributed by atoms with Crippen molar-refractivity contribution >= 4 is 23.3 Å². The van der Waals surface area contributed by atoms with E-state index in [9.17, 15) is 14.9 Å². The van der Waals surface area contributed by atoms with E-state index in [1.54, 1.807) is 19.1 Å². The molecule has 0 fully saturated rings. The van der Waals surface area contributed by atoms with Crippen LogP contribution in [0.15, 0.2) is 18.2 Å². The van der Waals surface area contributed by atoms with Gasteiger partial charge in [-0.25, -0.2) is 0 Å². The van der Waals surface area contributed by atoms with Gasteiger partial charge in [-0.15, -0.1) is 0 Å². The summed E-state index contributed by atoms with van der Waals surface area (Å²) in [6.07, 6.45) is 0. The van der Waals surface area contributed by atoms with Gasteiger partial charge >= 0.3 is 5.82 Å². The summed E-state index contributed by atoms with van der Waals surface area (Å²) in [5.74, 6) is 0.439. The van der Waals surface area contributed by atoms with Crippen LogP contribution in [0.25, 0.3) is 0 Å². The average molecular weight is 397 g/mol. The van der Waals surface area contributed by atoms with Crippen LogP contribution in [-0.4, -0.2) is 33.8 Å². The maximum Gasteiger partial charge on any atom is 0.408 e. The second-order valence-corrected chi connectivity index (χ2v) is 5.94. The van der Waals surface area contributed by atoms with Gasteiger partial charge in [0.25, 0.3) is 0 Å². The Balaban J connectivity index is 2.02. The van der Waals surface area contributed by atoms with Gasteiger partial charge in [0.05, 0.1) is 24.0 Å². The standard InChI is InChI=1S/C17H21ClN4O5/c1-4-26-13-7-6-12(8-14(13)27-5-2)9-19-15(23)10-21-11(3)16(18)17(20-21)22(24)25/h6-8H,4-5,9-10H2,1-3H3,(H,19,23). The Morgan fingerprint density at radius 2 is 1.96 bits per heavy atom. The second kappa shape index (κ2) is 9.22. The summed E-state index contributed by atoms with van der Waals surface area (Å²) in [6.45, 7) is 6.44. The third-order valence-electron chi connectivity index (χ3n) is 3.68. The first-order valence-corrected chi connectivity index (χ1v) is 8.77. The van der Waals surface area contributed by atoms with Gasteiger partial charge in [-0.3, -0.25) is 4.79 Å². The number of nitrogens with one attached hydrogen (secondary N) is 1. The molecule has 27 heavy (non-hydrogen) atoms. The van der Waals surface area contributed by atoms with Gasteiger partial charge in [0, 0.05) is 6.54 Å². The smallest absolute Gasteiger partial charge is 0.408 e. The number of ether oxygens (including phenoxy) is 2. The second-order valence-electron chi connectivity index (χ2n) is 5.56. The van der Waals surface area contributed by atoms with Crippen LogP contribution in [0.1, 0.15) is 25.1 Å². The van der Waals surface area contributed by atoms with E-state index >= 15 is 0 Å². The quantitative estimate of drug-likeness (QED) is 0.515. The van der Waals surface area contributed by atoms with Gasteiger partial charge in [-0.05, 0) is 43.4 Å². The lowest BCUT2D eigenvalue weighted by Crippen LogP contribution is -2.28. The minimum absolute atomic E-state index is 0.0688. The van der Waals surface area contributed by atoms with E-state index in [-0.39, 0.29) is 24.0 Å². The molecule has 1 amide bonds. The molecular formula is C17H21ClN4O5. The Morgan fingerprint density at radius 3 is 2.56 bits per heavy atom. The Hall–Kier alpha value is -2.81. The Kier molecular flexibility index (Phi) is 7.00. The Labute approximate surface area is 161 Å². The number of carbonyl (C=O) groups excluding carboxylic acids is 1. The van der Waals surface area contributed by atoms with Gasteiger partial charge in [0.2, 0.25) is 5.91 Å². The average Bonchev–Trinajstić information content (AvgIpc) is 2.91. The van der Waals surface area contributed by atoms with Crippen molar-refractivity contribution in [2.45, 2.75) is 33.9 Å². The lowest BCUT2D eigenvalue weighted by molar-refractivity contribution is -0.389. The van der Waals surface area contributed by atoms with Crippen LogP contribution in [0.3, 0.4) is 0 Å². The van der Waals surface area contributed by atoms with Crippen molar-refractivity contribution in [3.8, 4) is 11.5 Å². The van der Waals surface area contributed by atoms with Crippen LogP contribution in [-0.2, 0) is 17.9 Å². The summed E-state index contributed by atoms with van der Waals surface area (Å²) in [4.78, 5) is 22.4. The molecule has 0 saturated carbocycles. The molecule has 2 aromatic rings. The molecule has 146 valence electrons. The molecule has 1 heterocycles. The van der Waals surface area contributed by atoms with Crippen LogP contribution >= 0.6 is 11.6 Å². The fourth-order valence-corrected chi connectivity index (χ4v) is 2.58. The van der Waals surface area contributed by atoms with E-state index in [0.29, 0.717) is 30.4 Å².